The molecule has 1 aliphatic heterocycles. The van der Waals surface area contributed by atoms with Gasteiger partial charge in [-0.2, -0.15) is 0 Å². The van der Waals surface area contributed by atoms with Gasteiger partial charge in [0.15, 0.2) is 17.1 Å². The summed E-state index contributed by atoms with van der Waals surface area (Å²) in [6.45, 7) is 6.72. The van der Waals surface area contributed by atoms with E-state index in [0.717, 1.165) is 5.56 Å². The SMILES string of the molecule is CC(C)(C)c1ccc(-c2nc3cc(NC(=O)c4ccc5c(c4)OCO5)ccc3o2)cc1. The zero-order valence-corrected chi connectivity index (χ0v) is 17.6. The van der Waals surface area contributed by atoms with Crippen LogP contribution in [0.4, 0.5) is 5.69 Å². The highest BCUT2D eigenvalue weighted by Crippen LogP contribution is 2.33. The van der Waals surface area contributed by atoms with E-state index in [1.807, 2.05) is 18.2 Å². The lowest BCUT2D eigenvalue weighted by Gasteiger charge is -2.18. The quantitative estimate of drug-likeness (QED) is 0.460. The Morgan fingerprint density at radius 1 is 0.935 bits per heavy atom. The highest BCUT2D eigenvalue weighted by Gasteiger charge is 2.17. The van der Waals surface area contributed by atoms with Crippen LogP contribution in [0.15, 0.2) is 65.1 Å². The first-order valence-electron chi connectivity index (χ1n) is 10.1. The van der Waals surface area contributed by atoms with Crippen molar-refractivity contribution in [3.05, 3.63) is 71.8 Å². The molecule has 156 valence electrons. The second-order valence-electron chi connectivity index (χ2n) is 8.55. The first kappa shape index (κ1) is 19.2. The summed E-state index contributed by atoms with van der Waals surface area (Å²) in [6.07, 6.45) is 0. The molecule has 1 aliphatic rings. The Bertz CT molecular complexity index is 1280. The number of oxazole rings is 1. The second-order valence-corrected chi connectivity index (χ2v) is 8.55. The molecule has 3 aromatic carbocycles. The summed E-state index contributed by atoms with van der Waals surface area (Å²) in [5, 5.41) is 2.90. The van der Waals surface area contributed by atoms with Gasteiger partial charge in [-0.15, -0.1) is 0 Å². The largest absolute Gasteiger partial charge is 0.454 e. The van der Waals surface area contributed by atoms with Crippen molar-refractivity contribution in [2.24, 2.45) is 0 Å². The molecule has 1 amide bonds. The predicted molar refractivity (Wildman–Crippen MR) is 119 cm³/mol. The van der Waals surface area contributed by atoms with Crippen LogP contribution < -0.4 is 14.8 Å². The maximum atomic E-state index is 12.6. The van der Waals surface area contributed by atoms with Crippen molar-refractivity contribution in [3.63, 3.8) is 0 Å². The zero-order valence-electron chi connectivity index (χ0n) is 17.6. The number of hydrogen-bond acceptors (Lipinski definition) is 5. The number of nitrogens with one attached hydrogen (secondary N) is 1. The van der Waals surface area contributed by atoms with E-state index in [1.54, 1.807) is 30.3 Å². The van der Waals surface area contributed by atoms with E-state index in [0.29, 0.717) is 39.7 Å². The topological polar surface area (TPSA) is 73.6 Å². The van der Waals surface area contributed by atoms with Crippen molar-refractivity contribution < 1.29 is 18.7 Å². The molecule has 5 rings (SSSR count). The van der Waals surface area contributed by atoms with Crippen molar-refractivity contribution in [1.82, 2.24) is 4.98 Å². The number of hydrogen-bond donors (Lipinski definition) is 1. The molecule has 0 spiro atoms. The minimum atomic E-state index is -0.237. The van der Waals surface area contributed by atoms with Crippen LogP contribution in [0.2, 0.25) is 0 Å². The maximum Gasteiger partial charge on any atom is 0.255 e. The van der Waals surface area contributed by atoms with E-state index in [1.165, 1.54) is 5.56 Å². The van der Waals surface area contributed by atoms with Crippen LogP contribution in [-0.4, -0.2) is 17.7 Å². The Morgan fingerprint density at radius 3 is 2.48 bits per heavy atom. The molecule has 0 atom stereocenters. The summed E-state index contributed by atoms with van der Waals surface area (Å²) < 4.78 is 16.6. The number of aromatic nitrogens is 1. The number of benzene rings is 3. The molecule has 6 nitrogen and oxygen atoms in total. The summed E-state index contributed by atoms with van der Waals surface area (Å²) in [7, 11) is 0. The smallest absolute Gasteiger partial charge is 0.255 e. The average molecular weight is 414 g/mol. The van der Waals surface area contributed by atoms with E-state index >= 15 is 0 Å². The van der Waals surface area contributed by atoms with Crippen molar-refractivity contribution in [1.29, 1.82) is 0 Å². The Morgan fingerprint density at radius 2 is 1.71 bits per heavy atom. The fraction of sp³-hybridized carbons (Fsp3) is 0.200. The van der Waals surface area contributed by atoms with Gasteiger partial charge in [0.25, 0.3) is 5.91 Å². The minimum absolute atomic E-state index is 0.0882. The van der Waals surface area contributed by atoms with Gasteiger partial charge in [-0.3, -0.25) is 4.79 Å². The fourth-order valence-corrected chi connectivity index (χ4v) is 3.48. The Hall–Kier alpha value is -3.80. The zero-order chi connectivity index (χ0) is 21.6. The molecule has 1 aromatic heterocycles. The van der Waals surface area contributed by atoms with Gasteiger partial charge >= 0.3 is 0 Å². The van der Waals surface area contributed by atoms with Crippen molar-refractivity contribution in [3.8, 4) is 23.0 Å². The van der Waals surface area contributed by atoms with Gasteiger partial charge < -0.3 is 19.2 Å². The normalized spacial score (nSPS) is 12.9. The Balaban J connectivity index is 1.37. The van der Waals surface area contributed by atoms with Crippen LogP contribution in [-0.2, 0) is 5.41 Å². The second kappa shape index (κ2) is 7.16. The summed E-state index contributed by atoms with van der Waals surface area (Å²) in [6, 6.07) is 18.8. The van der Waals surface area contributed by atoms with E-state index in [-0.39, 0.29) is 18.1 Å². The molecule has 0 fully saturated rings. The van der Waals surface area contributed by atoms with Gasteiger partial charge in [0.1, 0.15) is 5.52 Å². The van der Waals surface area contributed by atoms with Crippen LogP contribution in [0.1, 0.15) is 36.7 Å². The van der Waals surface area contributed by atoms with Crippen LogP contribution in [0.3, 0.4) is 0 Å². The fourth-order valence-electron chi connectivity index (χ4n) is 3.48. The standard InChI is InChI=1S/C25H22N2O4/c1-25(2,3)17-7-4-15(5-8-17)24-27-19-13-18(9-11-20(19)31-24)26-23(28)16-6-10-21-22(12-16)30-14-29-21/h4-13H,14H2,1-3H3,(H,26,28). The van der Waals surface area contributed by atoms with Crippen molar-refractivity contribution in [2.45, 2.75) is 26.2 Å². The summed E-state index contributed by atoms with van der Waals surface area (Å²) in [5.41, 5.74) is 4.72. The van der Waals surface area contributed by atoms with Crippen LogP contribution >= 0.6 is 0 Å². The molecular weight excluding hydrogens is 392 g/mol. The third kappa shape index (κ3) is 3.72. The van der Waals surface area contributed by atoms with Gasteiger partial charge in [-0.25, -0.2) is 4.98 Å². The monoisotopic (exact) mass is 414 g/mol. The molecule has 31 heavy (non-hydrogen) atoms. The van der Waals surface area contributed by atoms with Crippen molar-refractivity contribution >= 4 is 22.7 Å². The average Bonchev–Trinajstić information content (AvgIpc) is 3.39. The molecule has 2 heterocycles. The number of carbonyl (C=O) groups excluding carboxylic acids is 1. The van der Waals surface area contributed by atoms with Crippen LogP contribution in [0, 0.1) is 0 Å². The number of fused-ring (bicyclic) bond motifs is 2. The van der Waals surface area contributed by atoms with E-state index in [4.69, 9.17) is 13.9 Å². The molecule has 0 saturated heterocycles. The third-order valence-corrected chi connectivity index (χ3v) is 5.28. The number of anilines is 1. The highest BCUT2D eigenvalue weighted by molar-refractivity contribution is 6.05. The molecule has 0 unspecified atom stereocenters. The Labute approximate surface area is 179 Å². The number of rotatable bonds is 3. The van der Waals surface area contributed by atoms with Gasteiger partial charge in [0, 0.05) is 16.8 Å². The van der Waals surface area contributed by atoms with E-state index in [9.17, 15) is 4.79 Å². The van der Waals surface area contributed by atoms with Gasteiger partial charge in [0.05, 0.1) is 0 Å². The molecule has 0 bridgehead atoms. The third-order valence-electron chi connectivity index (χ3n) is 5.28. The van der Waals surface area contributed by atoms with E-state index in [2.05, 4.69) is 43.2 Å². The molecule has 6 heteroatoms. The number of nitrogens with zero attached hydrogens (tertiary/aromatic N) is 1. The molecule has 1 N–H and O–H groups in total. The Kier molecular flexibility index (Phi) is 4.43. The molecule has 0 aliphatic carbocycles. The van der Waals surface area contributed by atoms with Gasteiger partial charge in [-0.1, -0.05) is 32.9 Å². The lowest BCUT2D eigenvalue weighted by molar-refractivity contribution is 0.102. The van der Waals surface area contributed by atoms with E-state index < -0.39 is 0 Å². The lowest BCUT2D eigenvalue weighted by Crippen LogP contribution is -2.11. The summed E-state index contributed by atoms with van der Waals surface area (Å²) in [4.78, 5) is 17.2. The van der Waals surface area contributed by atoms with Crippen molar-refractivity contribution in [2.75, 3.05) is 12.1 Å². The summed E-state index contributed by atoms with van der Waals surface area (Å²) >= 11 is 0. The first-order valence-corrected chi connectivity index (χ1v) is 10.1. The highest BCUT2D eigenvalue weighted by atomic mass is 16.7. The van der Waals surface area contributed by atoms with Gasteiger partial charge in [0.2, 0.25) is 12.7 Å². The van der Waals surface area contributed by atoms with Crippen LogP contribution in [0.25, 0.3) is 22.6 Å². The molecule has 0 saturated carbocycles. The molecule has 0 radical (unpaired) electrons. The summed E-state index contributed by atoms with van der Waals surface area (Å²) in [5.74, 6) is 1.53. The lowest BCUT2D eigenvalue weighted by atomic mass is 9.87. The van der Waals surface area contributed by atoms with Gasteiger partial charge in [-0.05, 0) is 59.5 Å². The minimum Gasteiger partial charge on any atom is -0.454 e. The van der Waals surface area contributed by atoms with Crippen LogP contribution in [0.5, 0.6) is 11.5 Å². The number of ether oxygens (including phenoxy) is 2. The predicted octanol–water partition coefficient (Wildman–Crippen LogP) is 5.77. The number of carbonyl (C=O) groups is 1. The number of amides is 1. The molecule has 4 aromatic rings. The maximum absolute atomic E-state index is 12.6. The first-order chi connectivity index (χ1) is 14.9. The molecular formula is C25H22N2O4.